The zero-order valence-electron chi connectivity index (χ0n) is 13.6. The van der Waals surface area contributed by atoms with Crippen molar-refractivity contribution in [3.8, 4) is 0 Å². The number of amides is 1. The molecule has 1 aliphatic rings. The topological polar surface area (TPSA) is 57.1 Å². The quantitative estimate of drug-likeness (QED) is 0.688. The molecule has 0 fully saturated rings. The summed E-state index contributed by atoms with van der Waals surface area (Å²) in [6.07, 6.45) is 3.65. The Bertz CT molecular complexity index is 757. The monoisotopic (exact) mass is 325 g/mol. The van der Waals surface area contributed by atoms with E-state index in [0.717, 1.165) is 29.7 Å². The van der Waals surface area contributed by atoms with E-state index in [4.69, 9.17) is 5.41 Å². The third-order valence-corrected chi connectivity index (χ3v) is 4.44. The van der Waals surface area contributed by atoms with Crippen molar-refractivity contribution in [2.75, 3.05) is 11.4 Å². The summed E-state index contributed by atoms with van der Waals surface area (Å²) in [4.78, 5) is 18.1. The Morgan fingerprint density at radius 1 is 1.33 bits per heavy atom. The van der Waals surface area contributed by atoms with Crippen LogP contribution in [0.4, 0.5) is 10.1 Å². The van der Waals surface area contributed by atoms with E-state index < -0.39 is 5.95 Å². The van der Waals surface area contributed by atoms with Crippen LogP contribution in [0.1, 0.15) is 36.8 Å². The van der Waals surface area contributed by atoms with Gasteiger partial charge in [-0.15, -0.1) is 0 Å². The van der Waals surface area contributed by atoms with Gasteiger partial charge in [0, 0.05) is 24.8 Å². The summed E-state index contributed by atoms with van der Waals surface area (Å²) in [7, 11) is 0. The second-order valence-corrected chi connectivity index (χ2v) is 6.19. The van der Waals surface area contributed by atoms with E-state index >= 15 is 0 Å². The number of anilines is 1. The molecule has 0 bridgehead atoms. The molecule has 1 unspecified atom stereocenters. The lowest BCUT2D eigenvalue weighted by Gasteiger charge is -2.30. The molecule has 124 valence electrons. The van der Waals surface area contributed by atoms with Gasteiger partial charge in [-0.3, -0.25) is 10.2 Å². The number of nitrogens with zero attached hydrogens (tertiary/aromatic N) is 2. The number of halogens is 1. The molecule has 1 aromatic heterocycles. The molecule has 2 aromatic rings. The summed E-state index contributed by atoms with van der Waals surface area (Å²) >= 11 is 0. The lowest BCUT2D eigenvalue weighted by atomic mass is 9.95. The van der Waals surface area contributed by atoms with E-state index in [9.17, 15) is 9.18 Å². The van der Waals surface area contributed by atoms with Crippen LogP contribution >= 0.6 is 0 Å². The van der Waals surface area contributed by atoms with Crippen LogP contribution in [-0.4, -0.2) is 23.1 Å². The Morgan fingerprint density at radius 3 is 2.88 bits per heavy atom. The molecule has 1 amide bonds. The number of rotatable bonds is 4. The lowest BCUT2D eigenvalue weighted by Crippen LogP contribution is -2.40. The third kappa shape index (κ3) is 3.35. The number of nitrogens with one attached hydrogen (secondary N) is 1. The zero-order chi connectivity index (χ0) is 17.1. The predicted molar refractivity (Wildman–Crippen MR) is 92.1 cm³/mol. The minimum atomic E-state index is -0.526. The van der Waals surface area contributed by atoms with Crippen LogP contribution in [0.3, 0.4) is 0 Å². The highest BCUT2D eigenvalue weighted by atomic mass is 19.1. The fraction of sp³-hybridized carbons (Fsp3) is 0.316. The summed E-state index contributed by atoms with van der Waals surface area (Å²) in [6.45, 7) is 2.56. The first-order valence-electron chi connectivity index (χ1n) is 8.15. The smallest absolute Gasteiger partial charge is 0.271 e. The summed E-state index contributed by atoms with van der Waals surface area (Å²) in [5.74, 6) is -0.833. The molecule has 1 atom stereocenters. The second kappa shape index (κ2) is 6.91. The van der Waals surface area contributed by atoms with Crippen molar-refractivity contribution in [3.63, 3.8) is 0 Å². The molecule has 24 heavy (non-hydrogen) atoms. The number of hydrogen-bond acceptors (Lipinski definition) is 3. The Labute approximate surface area is 140 Å². The largest absolute Gasteiger partial charge is 0.307 e. The number of hydrogen-bond donors (Lipinski definition) is 1. The lowest BCUT2D eigenvalue weighted by molar-refractivity contribution is -0.112. The first kappa shape index (κ1) is 16.3. The van der Waals surface area contributed by atoms with E-state index in [1.54, 1.807) is 11.0 Å². The fourth-order valence-corrected chi connectivity index (χ4v) is 3.10. The molecular weight excluding hydrogens is 305 g/mol. The SMILES string of the molecule is CC(CC(=N)C(=O)N1CCCc2ccccc21)c1ccc(F)nc1. The number of aryl methyl sites for hydroxylation is 1. The Balaban J connectivity index is 1.71. The van der Waals surface area contributed by atoms with Gasteiger partial charge in [0.25, 0.3) is 5.91 Å². The molecule has 1 aromatic carbocycles. The molecule has 4 nitrogen and oxygen atoms in total. The molecule has 1 N–H and O–H groups in total. The van der Waals surface area contributed by atoms with Gasteiger partial charge in [-0.2, -0.15) is 4.39 Å². The van der Waals surface area contributed by atoms with E-state index in [2.05, 4.69) is 4.98 Å². The number of benzene rings is 1. The first-order valence-corrected chi connectivity index (χ1v) is 8.15. The highest BCUT2D eigenvalue weighted by Gasteiger charge is 2.26. The standard InChI is InChI=1S/C19H20FN3O/c1-13(15-8-9-18(20)22-12-15)11-16(21)19(24)23-10-4-6-14-5-2-3-7-17(14)23/h2-3,5,7-9,12-13,21H,4,6,10-11H2,1H3. The van der Waals surface area contributed by atoms with E-state index in [1.807, 2.05) is 31.2 Å². The molecule has 5 heteroatoms. The minimum absolute atomic E-state index is 0.0606. The Morgan fingerprint density at radius 2 is 2.12 bits per heavy atom. The summed E-state index contributed by atoms with van der Waals surface area (Å²) in [5, 5.41) is 8.21. The molecule has 0 spiro atoms. The number of pyridine rings is 1. The molecule has 2 heterocycles. The van der Waals surface area contributed by atoms with Crippen molar-refractivity contribution in [1.82, 2.24) is 4.98 Å². The van der Waals surface area contributed by atoms with E-state index in [0.29, 0.717) is 13.0 Å². The summed E-state index contributed by atoms with van der Waals surface area (Å²) < 4.78 is 12.9. The minimum Gasteiger partial charge on any atom is -0.307 e. The van der Waals surface area contributed by atoms with Crippen molar-refractivity contribution in [2.45, 2.75) is 32.1 Å². The van der Waals surface area contributed by atoms with Crippen molar-refractivity contribution < 1.29 is 9.18 Å². The van der Waals surface area contributed by atoms with E-state index in [-0.39, 0.29) is 17.5 Å². The van der Waals surface area contributed by atoms with Crippen LogP contribution in [0.25, 0.3) is 0 Å². The molecule has 0 aliphatic carbocycles. The average Bonchev–Trinajstić information content (AvgIpc) is 2.61. The van der Waals surface area contributed by atoms with Crippen molar-refractivity contribution in [2.24, 2.45) is 0 Å². The molecule has 1 aliphatic heterocycles. The van der Waals surface area contributed by atoms with Crippen LogP contribution in [0.5, 0.6) is 0 Å². The normalized spacial score (nSPS) is 14.8. The van der Waals surface area contributed by atoms with Crippen LogP contribution in [0, 0.1) is 11.4 Å². The van der Waals surface area contributed by atoms with Gasteiger partial charge in [-0.05, 0) is 42.0 Å². The summed E-state index contributed by atoms with van der Waals surface area (Å²) in [5.41, 5.74) is 2.96. The van der Waals surface area contributed by atoms with Gasteiger partial charge in [0.2, 0.25) is 5.95 Å². The second-order valence-electron chi connectivity index (χ2n) is 6.19. The first-order chi connectivity index (χ1) is 11.6. The maximum Gasteiger partial charge on any atom is 0.271 e. The maximum atomic E-state index is 12.9. The van der Waals surface area contributed by atoms with Gasteiger partial charge in [-0.1, -0.05) is 31.2 Å². The molecule has 0 saturated carbocycles. The summed E-state index contributed by atoms with van der Waals surface area (Å²) in [6, 6.07) is 10.8. The number of carbonyl (C=O) groups is 1. The fourth-order valence-electron chi connectivity index (χ4n) is 3.10. The Hall–Kier alpha value is -2.56. The van der Waals surface area contributed by atoms with Crippen molar-refractivity contribution in [3.05, 3.63) is 59.7 Å². The zero-order valence-corrected chi connectivity index (χ0v) is 13.6. The molecule has 3 rings (SSSR count). The van der Waals surface area contributed by atoms with Gasteiger partial charge in [0.05, 0.1) is 5.71 Å². The van der Waals surface area contributed by atoms with Crippen molar-refractivity contribution in [1.29, 1.82) is 5.41 Å². The maximum absolute atomic E-state index is 12.9. The number of fused-ring (bicyclic) bond motifs is 1. The highest BCUT2D eigenvalue weighted by Crippen LogP contribution is 2.28. The number of carbonyl (C=O) groups excluding carboxylic acids is 1. The number of aromatic nitrogens is 1. The van der Waals surface area contributed by atoms with Crippen molar-refractivity contribution >= 4 is 17.3 Å². The van der Waals surface area contributed by atoms with Gasteiger partial charge < -0.3 is 4.90 Å². The van der Waals surface area contributed by atoms with Crippen LogP contribution in [0.2, 0.25) is 0 Å². The van der Waals surface area contributed by atoms with E-state index in [1.165, 1.54) is 12.3 Å². The van der Waals surface area contributed by atoms with Gasteiger partial charge in [-0.25, -0.2) is 4.98 Å². The van der Waals surface area contributed by atoms with Crippen LogP contribution in [-0.2, 0) is 11.2 Å². The van der Waals surface area contributed by atoms with Crippen LogP contribution < -0.4 is 4.90 Å². The highest BCUT2D eigenvalue weighted by molar-refractivity contribution is 6.42. The number of para-hydroxylation sites is 1. The average molecular weight is 325 g/mol. The van der Waals surface area contributed by atoms with Gasteiger partial charge in [0.1, 0.15) is 0 Å². The molecule has 0 saturated heterocycles. The van der Waals surface area contributed by atoms with Gasteiger partial charge >= 0.3 is 0 Å². The predicted octanol–water partition coefficient (Wildman–Crippen LogP) is 3.71. The van der Waals surface area contributed by atoms with Gasteiger partial charge in [0.15, 0.2) is 0 Å². The van der Waals surface area contributed by atoms with Crippen LogP contribution in [0.15, 0.2) is 42.6 Å². The molecule has 0 radical (unpaired) electrons. The third-order valence-electron chi connectivity index (χ3n) is 4.44. The molecular formula is C19H20FN3O. The Kier molecular flexibility index (Phi) is 4.69.